The van der Waals surface area contributed by atoms with Gasteiger partial charge in [-0.15, -0.1) is 11.3 Å². The minimum atomic E-state index is 0.208. The van der Waals surface area contributed by atoms with Crippen LogP contribution >= 0.6 is 11.3 Å². The predicted octanol–water partition coefficient (Wildman–Crippen LogP) is 2.76. The van der Waals surface area contributed by atoms with Crippen LogP contribution in [-0.2, 0) is 6.54 Å². The van der Waals surface area contributed by atoms with Crippen LogP contribution in [0.4, 0.5) is 0 Å². The Bertz CT molecular complexity index is 489. The fraction of sp³-hybridized carbons (Fsp3) is 0.538. The molecule has 18 heavy (non-hydrogen) atoms. The quantitative estimate of drug-likeness (QED) is 0.872. The summed E-state index contributed by atoms with van der Waals surface area (Å²) in [5, 5.41) is 7.96. The first-order valence-corrected chi connectivity index (χ1v) is 7.31. The third kappa shape index (κ3) is 2.62. The van der Waals surface area contributed by atoms with Crippen LogP contribution in [0.3, 0.4) is 0 Å². The smallest absolute Gasteiger partial charge is 0.0860 e. The van der Waals surface area contributed by atoms with Gasteiger partial charge < -0.3 is 5.32 Å². The molecule has 98 valence electrons. The van der Waals surface area contributed by atoms with Crippen LogP contribution in [-0.4, -0.2) is 21.3 Å². The molecule has 0 aliphatic carbocycles. The fourth-order valence-electron chi connectivity index (χ4n) is 2.06. The van der Waals surface area contributed by atoms with Gasteiger partial charge in [-0.05, 0) is 32.9 Å². The molecule has 0 radical (unpaired) electrons. The molecule has 0 spiro atoms. The Balaban J connectivity index is 2.34. The van der Waals surface area contributed by atoms with Gasteiger partial charge in [0.05, 0.1) is 27.8 Å². The Labute approximate surface area is 112 Å². The first-order chi connectivity index (χ1) is 8.77. The van der Waals surface area contributed by atoms with Gasteiger partial charge in [0.15, 0.2) is 0 Å². The van der Waals surface area contributed by atoms with E-state index in [1.807, 2.05) is 16.4 Å². The van der Waals surface area contributed by atoms with E-state index in [0.29, 0.717) is 0 Å². The molecular weight excluding hydrogens is 244 g/mol. The van der Waals surface area contributed by atoms with Crippen LogP contribution in [0.15, 0.2) is 17.8 Å². The maximum Gasteiger partial charge on any atom is 0.0860 e. The summed E-state index contributed by atoms with van der Waals surface area (Å²) in [7, 11) is 0. The van der Waals surface area contributed by atoms with Crippen LogP contribution in [0.2, 0.25) is 0 Å². The maximum atomic E-state index is 4.36. The van der Waals surface area contributed by atoms with Crippen molar-refractivity contribution in [1.82, 2.24) is 20.1 Å². The summed E-state index contributed by atoms with van der Waals surface area (Å²) in [4.78, 5) is 5.65. The third-order valence-electron chi connectivity index (χ3n) is 2.99. The fourth-order valence-corrected chi connectivity index (χ4v) is 2.95. The van der Waals surface area contributed by atoms with Crippen molar-refractivity contribution >= 4 is 11.3 Å². The highest BCUT2D eigenvalue weighted by Gasteiger charge is 2.20. The van der Waals surface area contributed by atoms with Gasteiger partial charge in [0, 0.05) is 12.7 Å². The van der Waals surface area contributed by atoms with E-state index in [4.69, 9.17) is 0 Å². The van der Waals surface area contributed by atoms with E-state index in [0.717, 1.165) is 25.2 Å². The normalized spacial score (nSPS) is 12.8. The van der Waals surface area contributed by atoms with Crippen molar-refractivity contribution in [2.45, 2.75) is 39.8 Å². The van der Waals surface area contributed by atoms with Gasteiger partial charge in [-0.2, -0.15) is 5.10 Å². The van der Waals surface area contributed by atoms with Crippen molar-refractivity contribution in [1.29, 1.82) is 0 Å². The average molecular weight is 264 g/mol. The molecule has 2 heterocycles. The van der Waals surface area contributed by atoms with Crippen molar-refractivity contribution in [3.63, 3.8) is 0 Å². The molecule has 0 saturated heterocycles. The molecule has 0 amide bonds. The summed E-state index contributed by atoms with van der Waals surface area (Å²) in [6.07, 6.45) is 2.99. The Morgan fingerprint density at radius 3 is 2.89 bits per heavy atom. The number of aromatic nitrogens is 3. The molecule has 0 aliphatic rings. The van der Waals surface area contributed by atoms with Gasteiger partial charge in [0.2, 0.25) is 0 Å². The Hall–Kier alpha value is -1.20. The minimum Gasteiger partial charge on any atom is -0.304 e. The second kappa shape index (κ2) is 6.11. The molecular formula is C13H20N4S. The van der Waals surface area contributed by atoms with E-state index in [-0.39, 0.29) is 6.04 Å². The highest BCUT2D eigenvalue weighted by molar-refractivity contribution is 7.09. The van der Waals surface area contributed by atoms with Gasteiger partial charge in [0.25, 0.3) is 0 Å². The van der Waals surface area contributed by atoms with Crippen LogP contribution < -0.4 is 5.32 Å². The predicted molar refractivity (Wildman–Crippen MR) is 74.9 cm³/mol. The molecule has 1 N–H and O–H groups in total. The van der Waals surface area contributed by atoms with Gasteiger partial charge in [-0.3, -0.25) is 4.68 Å². The molecule has 2 aromatic rings. The monoisotopic (exact) mass is 264 g/mol. The SMILES string of the molecule is CCCNC(c1scnc1C)c1ccnn1CC. The number of rotatable bonds is 6. The first-order valence-electron chi connectivity index (χ1n) is 6.43. The molecule has 0 fully saturated rings. The summed E-state index contributed by atoms with van der Waals surface area (Å²) in [5.41, 5.74) is 4.24. The van der Waals surface area contributed by atoms with Crippen LogP contribution in [0, 0.1) is 6.92 Å². The first kappa shape index (κ1) is 13.2. The molecule has 0 bridgehead atoms. The summed E-state index contributed by atoms with van der Waals surface area (Å²) in [6.45, 7) is 8.26. The lowest BCUT2D eigenvalue weighted by molar-refractivity contribution is 0.532. The van der Waals surface area contributed by atoms with Crippen molar-refractivity contribution in [3.8, 4) is 0 Å². The van der Waals surface area contributed by atoms with Crippen molar-refractivity contribution in [2.75, 3.05) is 6.54 Å². The lowest BCUT2D eigenvalue weighted by Crippen LogP contribution is -2.25. The lowest BCUT2D eigenvalue weighted by atomic mass is 10.1. The van der Waals surface area contributed by atoms with Crippen LogP contribution in [0.1, 0.15) is 42.6 Å². The standard InChI is InChI=1S/C13H20N4S/c1-4-7-14-12(13-10(3)15-9-18-13)11-6-8-16-17(11)5-2/h6,8-9,12,14H,4-5,7H2,1-3H3. The Morgan fingerprint density at radius 2 is 2.28 bits per heavy atom. The zero-order chi connectivity index (χ0) is 13.0. The lowest BCUT2D eigenvalue weighted by Gasteiger charge is -2.19. The number of aryl methyl sites for hydroxylation is 2. The van der Waals surface area contributed by atoms with E-state index < -0.39 is 0 Å². The zero-order valence-corrected chi connectivity index (χ0v) is 12.0. The van der Waals surface area contributed by atoms with Crippen molar-refractivity contribution in [3.05, 3.63) is 34.0 Å². The van der Waals surface area contributed by atoms with E-state index >= 15 is 0 Å². The molecule has 5 heteroatoms. The Kier molecular flexibility index (Phi) is 4.49. The molecule has 4 nitrogen and oxygen atoms in total. The molecule has 1 unspecified atom stereocenters. The number of nitrogens with one attached hydrogen (secondary N) is 1. The second-order valence-electron chi connectivity index (χ2n) is 4.26. The maximum absolute atomic E-state index is 4.36. The second-order valence-corrected chi connectivity index (χ2v) is 5.15. The number of thiazole rings is 1. The molecule has 1 atom stereocenters. The van der Waals surface area contributed by atoms with E-state index in [9.17, 15) is 0 Å². The van der Waals surface area contributed by atoms with Crippen LogP contribution in [0.25, 0.3) is 0 Å². The number of hydrogen-bond acceptors (Lipinski definition) is 4. The number of hydrogen-bond donors (Lipinski definition) is 1. The molecule has 0 saturated carbocycles. The van der Waals surface area contributed by atoms with Gasteiger partial charge >= 0.3 is 0 Å². The summed E-state index contributed by atoms with van der Waals surface area (Å²) in [5.74, 6) is 0. The molecule has 0 aromatic carbocycles. The van der Waals surface area contributed by atoms with Crippen LogP contribution in [0.5, 0.6) is 0 Å². The average Bonchev–Trinajstić information content (AvgIpc) is 2.99. The van der Waals surface area contributed by atoms with Gasteiger partial charge in [-0.1, -0.05) is 6.92 Å². The Morgan fingerprint density at radius 1 is 1.44 bits per heavy atom. The van der Waals surface area contributed by atoms with Gasteiger partial charge in [-0.25, -0.2) is 4.98 Å². The minimum absolute atomic E-state index is 0.208. The summed E-state index contributed by atoms with van der Waals surface area (Å²) >= 11 is 1.71. The van der Waals surface area contributed by atoms with Gasteiger partial charge in [0.1, 0.15) is 0 Å². The molecule has 2 rings (SSSR count). The van der Waals surface area contributed by atoms with Crippen molar-refractivity contribution in [2.24, 2.45) is 0 Å². The van der Waals surface area contributed by atoms with E-state index in [2.05, 4.69) is 42.2 Å². The number of nitrogens with zero attached hydrogens (tertiary/aromatic N) is 3. The van der Waals surface area contributed by atoms with Crippen molar-refractivity contribution < 1.29 is 0 Å². The summed E-state index contributed by atoms with van der Waals surface area (Å²) < 4.78 is 2.05. The highest BCUT2D eigenvalue weighted by Crippen LogP contribution is 2.27. The zero-order valence-electron chi connectivity index (χ0n) is 11.2. The van der Waals surface area contributed by atoms with E-state index in [1.54, 1.807) is 11.3 Å². The molecule has 2 aromatic heterocycles. The van der Waals surface area contributed by atoms with E-state index in [1.165, 1.54) is 10.6 Å². The topological polar surface area (TPSA) is 42.7 Å². The summed E-state index contributed by atoms with van der Waals surface area (Å²) in [6, 6.07) is 2.30. The molecule has 0 aliphatic heterocycles. The largest absolute Gasteiger partial charge is 0.304 e. The third-order valence-corrected chi connectivity index (χ3v) is 3.98. The highest BCUT2D eigenvalue weighted by atomic mass is 32.1.